The van der Waals surface area contributed by atoms with Crippen LogP contribution in [0.4, 0.5) is 0 Å². The molecule has 2 rings (SSSR count). The molecule has 5 heteroatoms. The van der Waals surface area contributed by atoms with Crippen LogP contribution in [0, 0.1) is 0 Å². The van der Waals surface area contributed by atoms with E-state index in [1.165, 1.54) is 0 Å². The average Bonchev–Trinajstić information content (AvgIpc) is 2.78. The molecule has 1 aliphatic heterocycles. The van der Waals surface area contributed by atoms with Gasteiger partial charge in [0.2, 0.25) is 0 Å². The molecule has 1 heterocycles. The normalized spacial score (nSPS) is 23.6. The topological polar surface area (TPSA) is 64.3 Å². The number of hydrogen-bond acceptors (Lipinski definition) is 3. The zero-order valence-corrected chi connectivity index (χ0v) is 9.57. The van der Waals surface area contributed by atoms with Crippen molar-refractivity contribution in [3.8, 4) is 0 Å². The van der Waals surface area contributed by atoms with Crippen molar-refractivity contribution in [1.82, 2.24) is 5.43 Å². The van der Waals surface area contributed by atoms with E-state index in [4.69, 9.17) is 10.6 Å². The zero-order valence-electron chi connectivity index (χ0n) is 8.76. The van der Waals surface area contributed by atoms with Gasteiger partial charge in [-0.2, -0.15) is 0 Å². The molecule has 1 fully saturated rings. The number of carbonyl (C=O) groups excluding carboxylic acids is 1. The molecule has 1 aromatic rings. The Balaban J connectivity index is 0.00000128. The van der Waals surface area contributed by atoms with Gasteiger partial charge in [-0.05, 0) is 12.0 Å². The van der Waals surface area contributed by atoms with E-state index in [9.17, 15) is 4.79 Å². The molecule has 0 aromatic heterocycles. The first-order chi connectivity index (χ1) is 7.33. The molecular weight excluding hydrogens is 228 g/mol. The van der Waals surface area contributed by atoms with Gasteiger partial charge in [-0.25, -0.2) is 5.84 Å². The molecule has 1 saturated heterocycles. The second-order valence-corrected chi connectivity index (χ2v) is 3.61. The molecule has 2 unspecified atom stereocenters. The molecule has 4 nitrogen and oxygen atoms in total. The summed E-state index contributed by atoms with van der Waals surface area (Å²) >= 11 is 0. The molecule has 1 aromatic carbocycles. The number of carbonyl (C=O) groups is 1. The van der Waals surface area contributed by atoms with Crippen LogP contribution in [0.15, 0.2) is 30.3 Å². The van der Waals surface area contributed by atoms with E-state index in [1.54, 1.807) is 0 Å². The van der Waals surface area contributed by atoms with Crippen LogP contribution in [0.25, 0.3) is 0 Å². The van der Waals surface area contributed by atoms with Gasteiger partial charge >= 0.3 is 0 Å². The van der Waals surface area contributed by atoms with Gasteiger partial charge in [0.05, 0.1) is 0 Å². The van der Waals surface area contributed by atoms with E-state index in [-0.39, 0.29) is 24.2 Å². The van der Waals surface area contributed by atoms with Gasteiger partial charge in [-0.1, -0.05) is 30.3 Å². The van der Waals surface area contributed by atoms with Crippen LogP contribution in [0.5, 0.6) is 0 Å². The van der Waals surface area contributed by atoms with Crippen molar-refractivity contribution in [1.29, 1.82) is 0 Å². The number of ether oxygens (including phenoxy) is 1. The largest absolute Gasteiger partial charge is 0.368 e. The van der Waals surface area contributed by atoms with Crippen molar-refractivity contribution in [2.45, 2.75) is 18.4 Å². The average molecular weight is 243 g/mol. The van der Waals surface area contributed by atoms with Crippen LogP contribution in [0.2, 0.25) is 0 Å². The van der Waals surface area contributed by atoms with Crippen LogP contribution in [-0.4, -0.2) is 18.6 Å². The number of benzene rings is 1. The molecule has 0 radical (unpaired) electrons. The highest BCUT2D eigenvalue weighted by atomic mass is 35.5. The van der Waals surface area contributed by atoms with Gasteiger partial charge in [0, 0.05) is 12.5 Å². The maximum atomic E-state index is 11.4. The van der Waals surface area contributed by atoms with E-state index in [1.807, 2.05) is 30.3 Å². The summed E-state index contributed by atoms with van der Waals surface area (Å²) in [5.74, 6) is 4.98. The fraction of sp³-hybridized carbons (Fsp3) is 0.364. The fourth-order valence-corrected chi connectivity index (χ4v) is 1.97. The van der Waals surface area contributed by atoms with E-state index < -0.39 is 6.10 Å². The van der Waals surface area contributed by atoms with Gasteiger partial charge < -0.3 is 4.74 Å². The Bertz CT molecular complexity index is 345. The summed E-state index contributed by atoms with van der Waals surface area (Å²) in [6, 6.07) is 9.90. The van der Waals surface area contributed by atoms with Crippen LogP contribution in [0.3, 0.4) is 0 Å². The first-order valence-electron chi connectivity index (χ1n) is 5.00. The van der Waals surface area contributed by atoms with Crippen molar-refractivity contribution >= 4 is 18.3 Å². The van der Waals surface area contributed by atoms with Crippen molar-refractivity contribution in [2.24, 2.45) is 5.84 Å². The Morgan fingerprint density at radius 2 is 2.06 bits per heavy atom. The standard InChI is InChI=1S/C11H14N2O2.ClH/c12-13-11(14)10-9(6-7-15-10)8-4-2-1-3-5-8;/h1-5,9-10H,6-7,12H2,(H,13,14);1H. The van der Waals surface area contributed by atoms with Crippen molar-refractivity contribution in [2.75, 3.05) is 6.61 Å². The third-order valence-corrected chi connectivity index (χ3v) is 2.72. The minimum atomic E-state index is -0.447. The first kappa shape index (κ1) is 13.0. The van der Waals surface area contributed by atoms with E-state index in [0.29, 0.717) is 6.61 Å². The SMILES string of the molecule is Cl.NNC(=O)C1OCCC1c1ccccc1. The fourth-order valence-electron chi connectivity index (χ4n) is 1.97. The number of hydrogen-bond donors (Lipinski definition) is 2. The summed E-state index contributed by atoms with van der Waals surface area (Å²) in [5, 5.41) is 0. The van der Waals surface area contributed by atoms with Gasteiger partial charge in [-0.3, -0.25) is 10.2 Å². The smallest absolute Gasteiger partial charge is 0.263 e. The van der Waals surface area contributed by atoms with Crippen molar-refractivity contribution in [3.05, 3.63) is 35.9 Å². The molecule has 0 spiro atoms. The summed E-state index contributed by atoms with van der Waals surface area (Å²) in [4.78, 5) is 11.4. The Kier molecular flexibility index (Phi) is 4.73. The number of halogens is 1. The number of rotatable bonds is 2. The molecule has 1 amide bonds. The molecule has 88 valence electrons. The maximum absolute atomic E-state index is 11.4. The number of nitrogens with one attached hydrogen (secondary N) is 1. The summed E-state index contributed by atoms with van der Waals surface area (Å²) in [6.07, 6.45) is 0.416. The predicted molar refractivity (Wildman–Crippen MR) is 63.1 cm³/mol. The number of amides is 1. The Labute approximate surface area is 101 Å². The lowest BCUT2D eigenvalue weighted by atomic mass is 9.92. The number of nitrogens with two attached hydrogens (primary N) is 1. The minimum absolute atomic E-state index is 0. The molecule has 16 heavy (non-hydrogen) atoms. The Morgan fingerprint density at radius 3 is 2.69 bits per heavy atom. The van der Waals surface area contributed by atoms with Crippen LogP contribution in [-0.2, 0) is 9.53 Å². The highest BCUT2D eigenvalue weighted by Crippen LogP contribution is 2.30. The number of hydrazine groups is 1. The summed E-state index contributed by atoms with van der Waals surface area (Å²) in [6.45, 7) is 0.609. The second kappa shape index (κ2) is 5.84. The molecule has 2 atom stereocenters. The summed E-state index contributed by atoms with van der Waals surface area (Å²) < 4.78 is 5.38. The molecule has 0 bridgehead atoms. The lowest BCUT2D eigenvalue weighted by Gasteiger charge is -2.16. The van der Waals surface area contributed by atoms with E-state index in [0.717, 1.165) is 12.0 Å². The minimum Gasteiger partial charge on any atom is -0.368 e. The van der Waals surface area contributed by atoms with Crippen LogP contribution >= 0.6 is 12.4 Å². The summed E-state index contributed by atoms with van der Waals surface area (Å²) in [7, 11) is 0. The van der Waals surface area contributed by atoms with Crippen LogP contribution < -0.4 is 11.3 Å². The Hall–Kier alpha value is -1.10. The molecular formula is C11H15ClN2O2. The first-order valence-corrected chi connectivity index (χ1v) is 5.00. The van der Waals surface area contributed by atoms with E-state index >= 15 is 0 Å². The van der Waals surface area contributed by atoms with Gasteiger partial charge in [0.1, 0.15) is 6.10 Å². The van der Waals surface area contributed by atoms with Gasteiger partial charge in [-0.15, -0.1) is 12.4 Å². The predicted octanol–water partition coefficient (Wildman–Crippen LogP) is 0.971. The second-order valence-electron chi connectivity index (χ2n) is 3.61. The van der Waals surface area contributed by atoms with Gasteiger partial charge in [0.25, 0.3) is 5.91 Å². The molecule has 0 saturated carbocycles. The maximum Gasteiger partial charge on any atom is 0.263 e. The zero-order chi connectivity index (χ0) is 10.7. The van der Waals surface area contributed by atoms with Crippen LogP contribution in [0.1, 0.15) is 17.9 Å². The molecule has 0 aliphatic carbocycles. The highest BCUT2D eigenvalue weighted by molar-refractivity contribution is 5.85. The molecule has 1 aliphatic rings. The lowest BCUT2D eigenvalue weighted by molar-refractivity contribution is -0.130. The Morgan fingerprint density at radius 1 is 1.38 bits per heavy atom. The molecule has 3 N–H and O–H groups in total. The lowest BCUT2D eigenvalue weighted by Crippen LogP contribution is -2.41. The third-order valence-electron chi connectivity index (χ3n) is 2.72. The third kappa shape index (κ3) is 2.52. The quantitative estimate of drug-likeness (QED) is 0.462. The van der Waals surface area contributed by atoms with E-state index in [2.05, 4.69) is 5.43 Å². The monoisotopic (exact) mass is 242 g/mol. The van der Waals surface area contributed by atoms with Gasteiger partial charge in [0.15, 0.2) is 0 Å². The van der Waals surface area contributed by atoms with Crippen molar-refractivity contribution < 1.29 is 9.53 Å². The van der Waals surface area contributed by atoms with Crippen molar-refractivity contribution in [3.63, 3.8) is 0 Å². The highest BCUT2D eigenvalue weighted by Gasteiger charge is 2.34. The summed E-state index contributed by atoms with van der Waals surface area (Å²) in [5.41, 5.74) is 3.27.